The Morgan fingerprint density at radius 3 is 2.65 bits per heavy atom. The Hall–Kier alpha value is -3.06. The molecular weight excluding hydrogens is 332 g/mol. The molecule has 0 aliphatic heterocycles. The van der Waals surface area contributed by atoms with Gasteiger partial charge in [0, 0.05) is 23.7 Å². The second kappa shape index (κ2) is 7.45. The zero-order chi connectivity index (χ0) is 18.7. The van der Waals surface area contributed by atoms with Crippen LogP contribution in [0.4, 0.5) is 5.69 Å². The number of nitro benzene ring substituents is 1. The first-order valence-corrected chi connectivity index (χ1v) is 8.28. The van der Waals surface area contributed by atoms with Crippen molar-refractivity contribution in [2.24, 2.45) is 0 Å². The van der Waals surface area contributed by atoms with Gasteiger partial charge < -0.3 is 4.52 Å². The minimum absolute atomic E-state index is 0.0313. The van der Waals surface area contributed by atoms with Gasteiger partial charge >= 0.3 is 0 Å². The zero-order valence-corrected chi connectivity index (χ0v) is 14.9. The van der Waals surface area contributed by atoms with E-state index in [0.717, 1.165) is 11.1 Å². The second-order valence-electron chi connectivity index (χ2n) is 6.32. The topological polar surface area (TPSA) is 85.3 Å². The molecule has 0 radical (unpaired) electrons. The number of hydrogen-bond acceptors (Lipinski definition) is 6. The van der Waals surface area contributed by atoms with Crippen molar-refractivity contribution < 1.29 is 9.45 Å². The van der Waals surface area contributed by atoms with Crippen LogP contribution in [0.1, 0.15) is 29.9 Å². The minimum Gasteiger partial charge on any atom is -0.334 e. The highest BCUT2D eigenvalue weighted by Gasteiger charge is 2.18. The van der Waals surface area contributed by atoms with Crippen LogP contribution < -0.4 is 0 Å². The molecule has 0 N–H and O–H groups in total. The zero-order valence-electron chi connectivity index (χ0n) is 14.9. The summed E-state index contributed by atoms with van der Waals surface area (Å²) in [7, 11) is 1.92. The molecule has 7 nitrogen and oxygen atoms in total. The average Bonchev–Trinajstić information content (AvgIpc) is 3.10. The van der Waals surface area contributed by atoms with E-state index < -0.39 is 0 Å². The summed E-state index contributed by atoms with van der Waals surface area (Å²) in [4.78, 5) is 17.0. The largest absolute Gasteiger partial charge is 0.334 e. The van der Waals surface area contributed by atoms with Crippen molar-refractivity contribution >= 4 is 5.69 Å². The third-order valence-corrected chi connectivity index (χ3v) is 4.38. The first-order chi connectivity index (χ1) is 12.4. The lowest BCUT2D eigenvalue weighted by molar-refractivity contribution is -0.384. The highest BCUT2D eigenvalue weighted by molar-refractivity contribution is 5.53. The van der Waals surface area contributed by atoms with Crippen molar-refractivity contribution in [2.75, 3.05) is 7.05 Å². The molecule has 26 heavy (non-hydrogen) atoms. The number of nitro groups is 1. The molecule has 0 saturated carbocycles. The maximum Gasteiger partial charge on any atom is 0.269 e. The molecule has 0 unspecified atom stereocenters. The summed E-state index contributed by atoms with van der Waals surface area (Å²) in [5, 5.41) is 15.0. The van der Waals surface area contributed by atoms with Gasteiger partial charge in [0.1, 0.15) is 0 Å². The van der Waals surface area contributed by atoms with Crippen molar-refractivity contribution in [3.8, 4) is 11.5 Å². The van der Waals surface area contributed by atoms with Crippen LogP contribution in [0.25, 0.3) is 11.5 Å². The number of aromatic nitrogens is 2. The predicted octanol–water partition coefficient (Wildman–Crippen LogP) is 4.15. The van der Waals surface area contributed by atoms with Crippen LogP contribution >= 0.6 is 0 Å². The number of aryl methyl sites for hydroxylation is 1. The van der Waals surface area contributed by atoms with E-state index in [1.54, 1.807) is 12.1 Å². The molecular formula is C19H20N4O3. The van der Waals surface area contributed by atoms with Gasteiger partial charge in [0.15, 0.2) is 5.82 Å². The highest BCUT2D eigenvalue weighted by Crippen LogP contribution is 2.24. The molecule has 3 rings (SSSR count). The van der Waals surface area contributed by atoms with Crippen LogP contribution in [0, 0.1) is 17.0 Å². The smallest absolute Gasteiger partial charge is 0.269 e. The SMILES string of the molecule is Cc1ccc(-c2nc(CN(C)[C@H](C)c3cccc([N+](=O)[O-])c3)no2)cc1. The highest BCUT2D eigenvalue weighted by atomic mass is 16.6. The van der Waals surface area contributed by atoms with Crippen molar-refractivity contribution in [3.63, 3.8) is 0 Å². The van der Waals surface area contributed by atoms with Crippen molar-refractivity contribution in [3.05, 3.63) is 75.6 Å². The number of benzene rings is 2. The van der Waals surface area contributed by atoms with Crippen molar-refractivity contribution in [1.29, 1.82) is 0 Å². The van der Waals surface area contributed by atoms with Crippen molar-refractivity contribution in [2.45, 2.75) is 26.4 Å². The summed E-state index contributed by atoms with van der Waals surface area (Å²) < 4.78 is 5.35. The molecule has 0 spiro atoms. The quantitative estimate of drug-likeness (QED) is 0.489. The molecule has 0 fully saturated rings. The fourth-order valence-electron chi connectivity index (χ4n) is 2.64. The molecule has 2 aromatic carbocycles. The van der Waals surface area contributed by atoms with Gasteiger partial charge in [0.2, 0.25) is 0 Å². The van der Waals surface area contributed by atoms with Gasteiger partial charge in [-0.05, 0) is 38.6 Å². The standard InChI is InChI=1S/C19H20N4O3/c1-13-7-9-15(10-8-13)19-20-18(21-26-19)12-22(3)14(2)16-5-4-6-17(11-16)23(24)25/h4-11,14H,12H2,1-3H3/t14-/m1/s1. The molecule has 134 valence electrons. The van der Waals surface area contributed by atoms with Crippen LogP contribution in [0.2, 0.25) is 0 Å². The van der Waals surface area contributed by atoms with E-state index in [-0.39, 0.29) is 16.7 Å². The van der Waals surface area contributed by atoms with E-state index in [4.69, 9.17) is 4.52 Å². The lowest BCUT2D eigenvalue weighted by atomic mass is 10.1. The van der Waals surface area contributed by atoms with E-state index in [1.165, 1.54) is 11.6 Å². The first-order valence-electron chi connectivity index (χ1n) is 8.28. The van der Waals surface area contributed by atoms with E-state index >= 15 is 0 Å². The summed E-state index contributed by atoms with van der Waals surface area (Å²) in [5.74, 6) is 1.05. The van der Waals surface area contributed by atoms with Gasteiger partial charge in [-0.15, -0.1) is 0 Å². The molecule has 1 aromatic heterocycles. The summed E-state index contributed by atoms with van der Waals surface area (Å²) in [5.41, 5.74) is 3.00. The molecule has 0 aliphatic carbocycles. The fourth-order valence-corrected chi connectivity index (χ4v) is 2.64. The Labute approximate surface area is 151 Å². The summed E-state index contributed by atoms with van der Waals surface area (Å²) in [6, 6.07) is 14.5. The summed E-state index contributed by atoms with van der Waals surface area (Å²) in [6.45, 7) is 4.48. The maximum absolute atomic E-state index is 11.0. The van der Waals surface area contributed by atoms with Crippen LogP contribution in [0.3, 0.4) is 0 Å². The monoisotopic (exact) mass is 352 g/mol. The second-order valence-corrected chi connectivity index (χ2v) is 6.32. The van der Waals surface area contributed by atoms with Crippen LogP contribution in [0.15, 0.2) is 53.1 Å². The number of non-ortho nitro benzene ring substituents is 1. The summed E-state index contributed by atoms with van der Waals surface area (Å²) in [6.07, 6.45) is 0. The lowest BCUT2D eigenvalue weighted by Gasteiger charge is -2.23. The number of rotatable bonds is 6. The number of nitrogens with zero attached hydrogens (tertiary/aromatic N) is 4. The predicted molar refractivity (Wildman–Crippen MR) is 97.4 cm³/mol. The molecule has 1 heterocycles. The van der Waals surface area contributed by atoms with E-state index in [0.29, 0.717) is 18.3 Å². The van der Waals surface area contributed by atoms with Gasteiger partial charge in [-0.25, -0.2) is 0 Å². The Bertz CT molecular complexity index is 905. The Kier molecular flexibility index (Phi) is 5.09. The molecule has 0 bridgehead atoms. The Morgan fingerprint density at radius 2 is 1.96 bits per heavy atom. The maximum atomic E-state index is 11.0. The molecule has 3 aromatic rings. The Balaban J connectivity index is 1.71. The van der Waals surface area contributed by atoms with Gasteiger partial charge in [-0.2, -0.15) is 4.98 Å². The molecule has 0 aliphatic rings. The number of hydrogen-bond donors (Lipinski definition) is 0. The van der Waals surface area contributed by atoms with Gasteiger partial charge in [0.05, 0.1) is 11.5 Å². The van der Waals surface area contributed by atoms with Crippen LogP contribution in [0.5, 0.6) is 0 Å². The van der Waals surface area contributed by atoms with E-state index in [9.17, 15) is 10.1 Å². The van der Waals surface area contributed by atoms with E-state index in [1.807, 2.05) is 56.1 Å². The molecule has 0 saturated heterocycles. The van der Waals surface area contributed by atoms with Crippen LogP contribution in [-0.4, -0.2) is 27.0 Å². The average molecular weight is 352 g/mol. The van der Waals surface area contributed by atoms with Gasteiger partial charge in [-0.3, -0.25) is 15.0 Å². The normalized spacial score (nSPS) is 12.3. The first kappa shape index (κ1) is 17.8. The van der Waals surface area contributed by atoms with Gasteiger partial charge in [-0.1, -0.05) is 35.0 Å². The van der Waals surface area contributed by atoms with Crippen LogP contribution in [-0.2, 0) is 6.54 Å². The van der Waals surface area contributed by atoms with E-state index in [2.05, 4.69) is 10.1 Å². The third kappa shape index (κ3) is 3.94. The third-order valence-electron chi connectivity index (χ3n) is 4.38. The van der Waals surface area contributed by atoms with Crippen molar-refractivity contribution in [1.82, 2.24) is 15.0 Å². The molecule has 7 heteroatoms. The van der Waals surface area contributed by atoms with Gasteiger partial charge in [0.25, 0.3) is 11.6 Å². The molecule has 0 amide bonds. The fraction of sp³-hybridized carbons (Fsp3) is 0.263. The Morgan fingerprint density at radius 1 is 1.23 bits per heavy atom. The molecule has 1 atom stereocenters. The lowest BCUT2D eigenvalue weighted by Crippen LogP contribution is -2.22. The summed E-state index contributed by atoms with van der Waals surface area (Å²) >= 11 is 0. The minimum atomic E-state index is -0.386.